The Kier molecular flexibility index (Phi) is 4.00. The van der Waals surface area contributed by atoms with E-state index < -0.39 is 23.2 Å². The first kappa shape index (κ1) is 14.8. The van der Waals surface area contributed by atoms with Crippen molar-refractivity contribution in [2.45, 2.75) is 13.1 Å². The predicted molar refractivity (Wildman–Crippen MR) is 64.4 cm³/mol. The van der Waals surface area contributed by atoms with Crippen molar-refractivity contribution in [2.24, 2.45) is 0 Å². The lowest BCUT2D eigenvalue weighted by atomic mass is 10.1. The molecule has 0 N–H and O–H groups in total. The molecule has 0 aliphatic rings. The van der Waals surface area contributed by atoms with Gasteiger partial charge in [-0.2, -0.15) is 18.4 Å². The molecule has 1 aromatic carbocycles. The highest BCUT2D eigenvalue weighted by Gasteiger charge is 2.34. The van der Waals surface area contributed by atoms with Crippen LogP contribution in [0.5, 0.6) is 0 Å². The van der Waals surface area contributed by atoms with Crippen LogP contribution in [0.3, 0.4) is 0 Å². The topological polar surface area (TPSA) is 44.1 Å². The van der Waals surface area contributed by atoms with Gasteiger partial charge < -0.3 is 4.90 Å². The van der Waals surface area contributed by atoms with E-state index in [-0.39, 0.29) is 11.3 Å². The highest BCUT2D eigenvalue weighted by atomic mass is 19.4. The highest BCUT2D eigenvalue weighted by molar-refractivity contribution is 6.04. The van der Waals surface area contributed by atoms with E-state index in [1.807, 2.05) is 0 Å². The second kappa shape index (κ2) is 5.14. The van der Waals surface area contributed by atoms with Crippen LogP contribution in [0.25, 0.3) is 0 Å². The highest BCUT2D eigenvalue weighted by Crippen LogP contribution is 2.34. The molecule has 0 bridgehead atoms. The van der Waals surface area contributed by atoms with Gasteiger partial charge in [0.15, 0.2) is 0 Å². The Labute approximate surface area is 108 Å². The molecule has 0 saturated heterocycles. The molecule has 1 aromatic rings. The number of likely N-dealkylation sites (N-methyl/N-ethyl adjacent to an activating group) is 1. The zero-order chi connectivity index (χ0) is 14.8. The van der Waals surface area contributed by atoms with Gasteiger partial charge in [-0.05, 0) is 25.1 Å². The molecule has 1 rings (SSSR count). The summed E-state index contributed by atoms with van der Waals surface area (Å²) in [5, 5.41) is 8.66. The second-order valence-corrected chi connectivity index (χ2v) is 3.98. The molecular formula is C13H11F3N2O. The largest absolute Gasteiger partial charge is 0.417 e. The van der Waals surface area contributed by atoms with Crippen LogP contribution in [-0.2, 0) is 11.0 Å². The normalized spacial score (nSPS) is 10.7. The fourth-order valence-electron chi connectivity index (χ4n) is 1.48. The summed E-state index contributed by atoms with van der Waals surface area (Å²) >= 11 is 0. The maximum Gasteiger partial charge on any atom is 0.417 e. The minimum absolute atomic E-state index is 0.0549. The molecule has 0 atom stereocenters. The zero-order valence-corrected chi connectivity index (χ0v) is 10.4. The van der Waals surface area contributed by atoms with E-state index in [9.17, 15) is 18.0 Å². The predicted octanol–water partition coefficient (Wildman–Crippen LogP) is 3.12. The zero-order valence-electron chi connectivity index (χ0n) is 10.4. The number of nitrogens with zero attached hydrogens (tertiary/aromatic N) is 2. The second-order valence-electron chi connectivity index (χ2n) is 3.98. The van der Waals surface area contributed by atoms with Crippen LogP contribution in [0.2, 0.25) is 0 Å². The number of benzene rings is 1. The number of hydrogen-bond donors (Lipinski definition) is 0. The van der Waals surface area contributed by atoms with Gasteiger partial charge in [-0.15, -0.1) is 0 Å². The van der Waals surface area contributed by atoms with Gasteiger partial charge in [0.2, 0.25) is 0 Å². The van der Waals surface area contributed by atoms with Gasteiger partial charge in [-0.25, -0.2) is 0 Å². The van der Waals surface area contributed by atoms with E-state index >= 15 is 0 Å². The number of amides is 1. The molecule has 100 valence electrons. The van der Waals surface area contributed by atoms with Gasteiger partial charge >= 0.3 is 6.18 Å². The van der Waals surface area contributed by atoms with Crippen molar-refractivity contribution in [3.05, 3.63) is 41.5 Å². The first-order chi connectivity index (χ1) is 8.68. The fraction of sp³-hybridized carbons (Fsp3) is 0.231. The summed E-state index contributed by atoms with van der Waals surface area (Å²) in [6.07, 6.45) is -4.64. The summed E-state index contributed by atoms with van der Waals surface area (Å²) in [4.78, 5) is 12.7. The van der Waals surface area contributed by atoms with Crippen molar-refractivity contribution in [1.82, 2.24) is 0 Å². The molecule has 0 aliphatic heterocycles. The summed E-state index contributed by atoms with van der Waals surface area (Å²) in [5.74, 6) is -0.488. The third-order valence-electron chi connectivity index (χ3n) is 2.49. The smallest absolute Gasteiger partial charge is 0.312 e. The van der Waals surface area contributed by atoms with E-state index in [1.54, 1.807) is 0 Å². The third-order valence-corrected chi connectivity index (χ3v) is 2.49. The van der Waals surface area contributed by atoms with E-state index in [0.717, 1.165) is 17.0 Å². The number of carbonyl (C=O) groups excluding carboxylic acids is 1. The number of hydrogen-bond acceptors (Lipinski definition) is 2. The Balaban J connectivity index is 3.31. The van der Waals surface area contributed by atoms with E-state index in [2.05, 4.69) is 6.58 Å². The number of anilines is 1. The van der Waals surface area contributed by atoms with Crippen molar-refractivity contribution in [2.75, 3.05) is 11.9 Å². The average Bonchev–Trinajstić information content (AvgIpc) is 2.35. The van der Waals surface area contributed by atoms with E-state index in [0.29, 0.717) is 0 Å². The molecule has 0 heterocycles. The molecule has 0 aliphatic carbocycles. The minimum atomic E-state index is -4.64. The van der Waals surface area contributed by atoms with Crippen LogP contribution < -0.4 is 4.90 Å². The van der Waals surface area contributed by atoms with E-state index in [4.69, 9.17) is 5.26 Å². The Morgan fingerprint density at radius 2 is 2.00 bits per heavy atom. The summed E-state index contributed by atoms with van der Waals surface area (Å²) in [6.45, 7) is 4.91. The van der Waals surface area contributed by atoms with Crippen molar-refractivity contribution >= 4 is 11.6 Å². The van der Waals surface area contributed by atoms with Gasteiger partial charge in [0.25, 0.3) is 5.91 Å². The number of halogens is 3. The van der Waals surface area contributed by atoms with Crippen molar-refractivity contribution < 1.29 is 18.0 Å². The lowest BCUT2D eigenvalue weighted by Crippen LogP contribution is -2.27. The quantitative estimate of drug-likeness (QED) is 0.773. The first-order valence-electron chi connectivity index (χ1n) is 5.23. The molecule has 3 nitrogen and oxygen atoms in total. The van der Waals surface area contributed by atoms with Crippen LogP contribution in [-0.4, -0.2) is 13.0 Å². The Morgan fingerprint density at radius 1 is 1.42 bits per heavy atom. The molecule has 6 heteroatoms. The van der Waals surface area contributed by atoms with Crippen LogP contribution in [0.4, 0.5) is 18.9 Å². The average molecular weight is 268 g/mol. The molecule has 0 fully saturated rings. The van der Waals surface area contributed by atoms with E-state index in [1.165, 1.54) is 26.1 Å². The molecule has 19 heavy (non-hydrogen) atoms. The minimum Gasteiger partial charge on any atom is -0.312 e. The number of carbonyl (C=O) groups is 1. The molecule has 0 aromatic heterocycles. The van der Waals surface area contributed by atoms with Gasteiger partial charge in [-0.3, -0.25) is 4.79 Å². The van der Waals surface area contributed by atoms with Gasteiger partial charge in [-0.1, -0.05) is 6.58 Å². The lowest BCUT2D eigenvalue weighted by Gasteiger charge is -2.19. The standard InChI is InChI=1S/C13H11F3N2O/c1-8(2)12(19)18(3)10-5-4-9(7-17)11(6-10)13(14,15)16/h4-6H,1H2,2-3H3. The van der Waals surface area contributed by atoms with Crippen LogP contribution in [0.15, 0.2) is 30.4 Å². The molecular weight excluding hydrogens is 257 g/mol. The van der Waals surface area contributed by atoms with Crippen LogP contribution in [0.1, 0.15) is 18.1 Å². The fourth-order valence-corrected chi connectivity index (χ4v) is 1.48. The maximum absolute atomic E-state index is 12.8. The van der Waals surface area contributed by atoms with Gasteiger partial charge in [0.1, 0.15) is 0 Å². The summed E-state index contributed by atoms with van der Waals surface area (Å²) in [7, 11) is 1.35. The summed E-state index contributed by atoms with van der Waals surface area (Å²) in [6, 6.07) is 4.58. The van der Waals surface area contributed by atoms with Gasteiger partial charge in [0.05, 0.1) is 17.2 Å². The van der Waals surface area contributed by atoms with Crippen molar-refractivity contribution in [3.8, 4) is 6.07 Å². The van der Waals surface area contributed by atoms with Gasteiger partial charge in [0, 0.05) is 18.3 Å². The Bertz CT molecular complexity index is 570. The molecule has 0 saturated carbocycles. The summed E-state index contributed by atoms with van der Waals surface area (Å²) < 4.78 is 38.3. The van der Waals surface area contributed by atoms with Crippen LogP contribution in [0, 0.1) is 11.3 Å². The third kappa shape index (κ3) is 3.13. The molecule has 0 radical (unpaired) electrons. The molecule has 0 unspecified atom stereocenters. The Hall–Kier alpha value is -2.29. The Morgan fingerprint density at radius 3 is 2.42 bits per heavy atom. The first-order valence-corrected chi connectivity index (χ1v) is 5.23. The summed E-state index contributed by atoms with van der Waals surface area (Å²) in [5.41, 5.74) is -1.28. The molecule has 1 amide bonds. The monoisotopic (exact) mass is 268 g/mol. The molecule has 0 spiro atoms. The van der Waals surface area contributed by atoms with Crippen molar-refractivity contribution in [1.29, 1.82) is 5.26 Å². The van der Waals surface area contributed by atoms with Crippen molar-refractivity contribution in [3.63, 3.8) is 0 Å². The maximum atomic E-state index is 12.8. The van der Waals surface area contributed by atoms with Crippen LogP contribution >= 0.6 is 0 Å². The number of rotatable bonds is 2. The SMILES string of the molecule is C=C(C)C(=O)N(C)c1ccc(C#N)c(C(F)(F)F)c1. The number of nitriles is 1. The lowest BCUT2D eigenvalue weighted by molar-refractivity contribution is -0.137. The number of alkyl halides is 3.